The number of para-hydroxylation sites is 1. The lowest BCUT2D eigenvalue weighted by Crippen LogP contribution is -2.54. The number of hydrogen-bond acceptors (Lipinski definition) is 6. The van der Waals surface area contributed by atoms with Gasteiger partial charge in [0.2, 0.25) is 5.91 Å². The average molecular weight is 430 g/mol. The number of carbonyl (C=O) groups is 2. The molecule has 0 spiro atoms. The van der Waals surface area contributed by atoms with Crippen LogP contribution in [0.2, 0.25) is 0 Å². The van der Waals surface area contributed by atoms with Crippen LogP contribution in [0.3, 0.4) is 0 Å². The SMILES string of the molecule is CC(C)(C)[C@H](NC(=O)c1nn(CCCCC#N)c2ccccc12)C(=O)NC[C@H](O)CO. The molecule has 9 nitrogen and oxygen atoms in total. The van der Waals surface area contributed by atoms with Gasteiger partial charge in [-0.3, -0.25) is 14.3 Å². The number of carbonyl (C=O) groups excluding carboxylic acids is 2. The molecule has 0 saturated carbocycles. The number of hydrogen-bond donors (Lipinski definition) is 4. The number of aliphatic hydroxyl groups is 2. The van der Waals surface area contributed by atoms with E-state index in [1.165, 1.54) is 0 Å². The summed E-state index contributed by atoms with van der Waals surface area (Å²) in [6.07, 6.45) is 0.916. The zero-order valence-electron chi connectivity index (χ0n) is 18.3. The van der Waals surface area contributed by atoms with E-state index in [0.29, 0.717) is 18.4 Å². The van der Waals surface area contributed by atoms with Crippen molar-refractivity contribution in [1.29, 1.82) is 5.26 Å². The van der Waals surface area contributed by atoms with Gasteiger partial charge in [-0.2, -0.15) is 10.4 Å². The van der Waals surface area contributed by atoms with Gasteiger partial charge in [-0.05, 0) is 24.3 Å². The molecule has 1 heterocycles. The lowest BCUT2D eigenvalue weighted by Gasteiger charge is -2.30. The van der Waals surface area contributed by atoms with E-state index in [9.17, 15) is 14.7 Å². The summed E-state index contributed by atoms with van der Waals surface area (Å²) in [5, 5.41) is 37.7. The Kier molecular flexibility index (Phi) is 8.54. The fourth-order valence-corrected chi connectivity index (χ4v) is 3.19. The minimum atomic E-state index is -1.07. The summed E-state index contributed by atoms with van der Waals surface area (Å²) in [5.41, 5.74) is 0.445. The Bertz CT molecular complexity index is 942. The largest absolute Gasteiger partial charge is 0.394 e. The summed E-state index contributed by atoms with van der Waals surface area (Å²) in [4.78, 5) is 25.8. The molecular formula is C22H31N5O4. The molecule has 0 bridgehead atoms. The highest BCUT2D eigenvalue weighted by atomic mass is 16.3. The molecule has 2 rings (SSSR count). The number of unbranched alkanes of at least 4 members (excludes halogenated alkanes) is 2. The first-order chi connectivity index (χ1) is 14.7. The first-order valence-electron chi connectivity index (χ1n) is 10.4. The molecule has 1 aromatic heterocycles. The molecule has 0 aliphatic carbocycles. The summed E-state index contributed by atoms with van der Waals surface area (Å²) < 4.78 is 1.76. The summed E-state index contributed by atoms with van der Waals surface area (Å²) in [6, 6.07) is 8.64. The number of aryl methyl sites for hydroxylation is 1. The normalized spacial score (nSPS) is 13.4. The third-order valence-corrected chi connectivity index (χ3v) is 4.91. The van der Waals surface area contributed by atoms with E-state index < -0.39 is 36.0 Å². The highest BCUT2D eigenvalue weighted by Gasteiger charge is 2.34. The van der Waals surface area contributed by atoms with E-state index >= 15 is 0 Å². The number of nitrogens with one attached hydrogen (secondary N) is 2. The van der Waals surface area contributed by atoms with Crippen LogP contribution in [-0.4, -0.2) is 57.1 Å². The third-order valence-electron chi connectivity index (χ3n) is 4.91. The number of nitrogens with zero attached hydrogens (tertiary/aromatic N) is 3. The number of nitriles is 1. The van der Waals surface area contributed by atoms with Crippen LogP contribution in [0.15, 0.2) is 24.3 Å². The van der Waals surface area contributed by atoms with Crippen LogP contribution in [0.4, 0.5) is 0 Å². The molecule has 0 radical (unpaired) electrons. The molecule has 9 heteroatoms. The van der Waals surface area contributed by atoms with Gasteiger partial charge in [0.15, 0.2) is 5.69 Å². The van der Waals surface area contributed by atoms with Crippen molar-refractivity contribution in [1.82, 2.24) is 20.4 Å². The Morgan fingerprint density at radius 3 is 2.61 bits per heavy atom. The molecule has 2 amide bonds. The standard InChI is InChI=1S/C22H31N5O4/c1-22(2,3)19(21(31)24-13-15(29)14-28)25-20(30)18-16-9-5-6-10-17(16)27(26-18)12-8-4-7-11-23/h5-6,9-10,15,19,28-29H,4,7-8,12-14H2,1-3H3,(H,24,31)(H,25,30)/t15-,19+/m0/s1. The van der Waals surface area contributed by atoms with Crippen LogP contribution >= 0.6 is 0 Å². The molecule has 0 aliphatic rings. The van der Waals surface area contributed by atoms with Crippen molar-refractivity contribution < 1.29 is 19.8 Å². The average Bonchev–Trinajstić information content (AvgIpc) is 3.11. The van der Waals surface area contributed by atoms with Gasteiger partial charge in [0, 0.05) is 24.9 Å². The highest BCUT2D eigenvalue weighted by Crippen LogP contribution is 2.23. The van der Waals surface area contributed by atoms with Gasteiger partial charge in [-0.25, -0.2) is 0 Å². The predicted molar refractivity (Wildman–Crippen MR) is 116 cm³/mol. The Hall–Kier alpha value is -2.96. The molecule has 168 valence electrons. The van der Waals surface area contributed by atoms with Gasteiger partial charge >= 0.3 is 0 Å². The lowest BCUT2D eigenvalue weighted by atomic mass is 9.86. The number of aliphatic hydroxyl groups excluding tert-OH is 2. The van der Waals surface area contributed by atoms with E-state index in [-0.39, 0.29) is 12.2 Å². The van der Waals surface area contributed by atoms with E-state index in [2.05, 4.69) is 21.8 Å². The monoisotopic (exact) mass is 429 g/mol. The third kappa shape index (κ3) is 6.51. The van der Waals surface area contributed by atoms with E-state index in [4.69, 9.17) is 10.4 Å². The van der Waals surface area contributed by atoms with Crippen molar-refractivity contribution in [3.8, 4) is 6.07 Å². The summed E-state index contributed by atoms with van der Waals surface area (Å²) in [5.74, 6) is -0.918. The fraction of sp³-hybridized carbons (Fsp3) is 0.545. The summed E-state index contributed by atoms with van der Waals surface area (Å²) in [6.45, 7) is 5.48. The maximum absolute atomic E-state index is 13.1. The second-order valence-electron chi connectivity index (χ2n) is 8.56. The molecule has 4 N–H and O–H groups in total. The van der Waals surface area contributed by atoms with Crippen molar-refractivity contribution in [3.63, 3.8) is 0 Å². The van der Waals surface area contributed by atoms with Crippen LogP contribution in [-0.2, 0) is 11.3 Å². The van der Waals surface area contributed by atoms with Gasteiger partial charge in [0.1, 0.15) is 6.04 Å². The van der Waals surface area contributed by atoms with Gasteiger partial charge < -0.3 is 20.8 Å². The highest BCUT2D eigenvalue weighted by molar-refractivity contribution is 6.06. The first kappa shape index (κ1) is 24.3. The maximum Gasteiger partial charge on any atom is 0.273 e. The Labute approximate surface area is 182 Å². The second kappa shape index (κ2) is 10.9. The molecule has 0 fully saturated rings. The lowest BCUT2D eigenvalue weighted by molar-refractivity contribution is -0.125. The Morgan fingerprint density at radius 2 is 1.97 bits per heavy atom. The van der Waals surface area contributed by atoms with Crippen molar-refractivity contribution in [3.05, 3.63) is 30.0 Å². The number of fused-ring (bicyclic) bond motifs is 1. The van der Waals surface area contributed by atoms with Crippen LogP contribution in [0.1, 0.15) is 50.5 Å². The molecule has 0 saturated heterocycles. The Balaban J connectivity index is 2.23. The zero-order valence-corrected chi connectivity index (χ0v) is 18.3. The number of benzene rings is 1. The minimum Gasteiger partial charge on any atom is -0.394 e. The molecule has 0 unspecified atom stereocenters. The second-order valence-corrected chi connectivity index (χ2v) is 8.56. The van der Waals surface area contributed by atoms with Crippen LogP contribution in [0.5, 0.6) is 0 Å². The topological polar surface area (TPSA) is 140 Å². The zero-order chi connectivity index (χ0) is 23.0. The van der Waals surface area contributed by atoms with Gasteiger partial charge in [0.05, 0.1) is 24.3 Å². The molecule has 31 heavy (non-hydrogen) atoms. The maximum atomic E-state index is 13.1. The van der Waals surface area contributed by atoms with Gasteiger partial charge in [0.25, 0.3) is 5.91 Å². The quantitative estimate of drug-likeness (QED) is 0.420. The van der Waals surface area contributed by atoms with Crippen molar-refractivity contribution >= 4 is 22.7 Å². The molecule has 2 atom stereocenters. The molecule has 0 aliphatic heterocycles. The van der Waals surface area contributed by atoms with E-state index in [1.54, 1.807) is 4.68 Å². The fourth-order valence-electron chi connectivity index (χ4n) is 3.19. The van der Waals surface area contributed by atoms with Crippen LogP contribution in [0.25, 0.3) is 10.9 Å². The van der Waals surface area contributed by atoms with Crippen molar-refractivity contribution in [2.75, 3.05) is 13.2 Å². The van der Waals surface area contributed by atoms with Crippen LogP contribution < -0.4 is 10.6 Å². The van der Waals surface area contributed by atoms with Gasteiger partial charge in [-0.15, -0.1) is 0 Å². The van der Waals surface area contributed by atoms with Gasteiger partial charge in [-0.1, -0.05) is 39.0 Å². The van der Waals surface area contributed by atoms with Crippen molar-refractivity contribution in [2.45, 2.75) is 58.7 Å². The Morgan fingerprint density at radius 1 is 1.26 bits per heavy atom. The number of aromatic nitrogens is 2. The molecule has 1 aromatic carbocycles. The van der Waals surface area contributed by atoms with Crippen LogP contribution in [0, 0.1) is 16.7 Å². The summed E-state index contributed by atoms with van der Waals surface area (Å²) in [7, 11) is 0. The minimum absolute atomic E-state index is 0.113. The predicted octanol–water partition coefficient (Wildman–Crippen LogP) is 1.34. The summed E-state index contributed by atoms with van der Waals surface area (Å²) >= 11 is 0. The number of amides is 2. The number of rotatable bonds is 10. The molecular weight excluding hydrogens is 398 g/mol. The smallest absolute Gasteiger partial charge is 0.273 e. The van der Waals surface area contributed by atoms with E-state index in [0.717, 1.165) is 18.4 Å². The van der Waals surface area contributed by atoms with E-state index in [1.807, 2.05) is 45.0 Å². The first-order valence-corrected chi connectivity index (χ1v) is 10.4. The van der Waals surface area contributed by atoms with Crippen molar-refractivity contribution in [2.24, 2.45) is 5.41 Å². The molecule has 2 aromatic rings.